The Morgan fingerprint density at radius 3 is 1.15 bits per heavy atom. The summed E-state index contributed by atoms with van der Waals surface area (Å²) in [5, 5.41) is 32.3. The Hall–Kier alpha value is -4.28. The molecule has 3 unspecified atom stereocenters. The first-order valence-corrected chi connectivity index (χ1v) is 22.4. The van der Waals surface area contributed by atoms with Gasteiger partial charge in [0.1, 0.15) is 17.8 Å². The van der Waals surface area contributed by atoms with E-state index in [-0.39, 0.29) is 35.5 Å². The summed E-state index contributed by atoms with van der Waals surface area (Å²) in [6, 6.07) is -0.504. The summed E-state index contributed by atoms with van der Waals surface area (Å²) >= 11 is 10.6. The number of thiocarbonyl (C=S) groups is 1. The van der Waals surface area contributed by atoms with E-state index in [2.05, 4.69) is 62.0 Å². The Balaban J connectivity index is -0.000000672. The van der Waals surface area contributed by atoms with Gasteiger partial charge in [0, 0.05) is 56.4 Å². The van der Waals surface area contributed by atoms with Gasteiger partial charge in [0.15, 0.2) is 5.69 Å². The minimum atomic E-state index is -1.10. The van der Waals surface area contributed by atoms with Crippen LogP contribution in [0.1, 0.15) is 151 Å². The van der Waals surface area contributed by atoms with Crippen molar-refractivity contribution in [3.05, 3.63) is 64.3 Å². The van der Waals surface area contributed by atoms with E-state index in [1.165, 1.54) is 21.7 Å². The van der Waals surface area contributed by atoms with Gasteiger partial charge in [0.2, 0.25) is 18.7 Å². The molecule has 0 saturated carbocycles. The molecule has 10 N–H and O–H groups in total. The standard InChI is InChI=1S/C7H8N2O3S.C7H10N2OS.C7H11NS.C6H10N2S.C4H9NO.C4H9NS.C4H8O2/c1-4(8-3-10)6-9-5(2-13-6)7(11)12;1-5-3-11-7(9-5)6(2)8-4-10;1-5(2)7-8-6(3)4-9-7;1-4-3-9-6(8-4)5(2)7;3*1-3(2)4(5)6/h2-4H,1H3,(H,8,10)(H,11,12);3-4,6H,1-2H3,(H,8,10);4-5H,1-3H3;3,5H,7H2,1-2H3;2*3H,1-2H3,(H2,5,6);3H,1-2H3,(H,5,6)/i3D;4D;;;;;. The molecule has 0 saturated heterocycles. The minimum absolute atomic E-state index is 0.00926. The molecular formula is C39H65N9O7S5. The van der Waals surface area contributed by atoms with Crippen LogP contribution in [-0.2, 0) is 19.2 Å². The second-order valence-corrected chi connectivity index (χ2v) is 17.9. The van der Waals surface area contributed by atoms with E-state index in [1.54, 1.807) is 57.3 Å². The molecule has 0 bridgehead atoms. The van der Waals surface area contributed by atoms with E-state index in [1.807, 2.05) is 59.2 Å². The second kappa shape index (κ2) is 33.4. The topological polar surface area (TPSA) is 279 Å². The molecule has 4 rings (SSSR count). The molecule has 0 aliphatic rings. The number of carboxylic acids is 2. The van der Waals surface area contributed by atoms with Crippen LogP contribution >= 0.6 is 57.6 Å². The van der Waals surface area contributed by atoms with Crippen LogP contribution in [0.2, 0.25) is 0 Å². The highest BCUT2D eigenvalue weighted by molar-refractivity contribution is 7.80. The molecule has 0 aromatic carbocycles. The molecule has 0 aliphatic carbocycles. The Bertz CT molecular complexity index is 1840. The summed E-state index contributed by atoms with van der Waals surface area (Å²) in [5.74, 6) is -1.37. The maximum Gasteiger partial charge on any atom is 0.355 e. The number of aliphatic carboxylic acids is 1. The fraction of sp³-hybridized carbons (Fsp3) is 0.538. The first-order chi connectivity index (χ1) is 28.4. The molecule has 0 radical (unpaired) electrons. The van der Waals surface area contributed by atoms with Gasteiger partial charge < -0.3 is 38.0 Å². The summed E-state index contributed by atoms with van der Waals surface area (Å²) in [5.41, 5.74) is 18.6. The summed E-state index contributed by atoms with van der Waals surface area (Å²) in [4.78, 5) is 67.9. The number of carboxylic acid groups (broad SMARTS) is 2. The average molecular weight is 934 g/mol. The number of thiazole rings is 4. The van der Waals surface area contributed by atoms with Gasteiger partial charge in [-0.2, -0.15) is 0 Å². The van der Waals surface area contributed by atoms with Crippen molar-refractivity contribution in [2.45, 2.75) is 121 Å². The number of hydrogen-bond acceptors (Lipinski definition) is 15. The van der Waals surface area contributed by atoms with Crippen molar-refractivity contribution in [2.75, 3.05) is 0 Å². The average Bonchev–Trinajstić information content (AvgIpc) is 3.98. The zero-order valence-corrected chi connectivity index (χ0v) is 40.9. The Kier molecular flexibility index (Phi) is 31.1. The highest BCUT2D eigenvalue weighted by Crippen LogP contribution is 2.19. The van der Waals surface area contributed by atoms with Crippen LogP contribution in [0.4, 0.5) is 0 Å². The number of primary amides is 1. The number of carbonyl (C=O) groups is 5. The molecule has 3 atom stereocenters. The van der Waals surface area contributed by atoms with E-state index >= 15 is 0 Å². The van der Waals surface area contributed by atoms with Crippen molar-refractivity contribution in [1.29, 1.82) is 0 Å². The fourth-order valence-corrected chi connectivity index (χ4v) is 5.85. The Morgan fingerprint density at radius 2 is 0.967 bits per heavy atom. The Labute approximate surface area is 379 Å². The summed E-state index contributed by atoms with van der Waals surface area (Å²) in [7, 11) is 0. The Morgan fingerprint density at radius 1 is 0.650 bits per heavy atom. The molecule has 3 amide bonds. The number of carbonyl (C=O) groups excluding carboxylic acids is 3. The number of nitrogens with one attached hydrogen (secondary N) is 2. The summed E-state index contributed by atoms with van der Waals surface area (Å²) in [6.07, 6.45) is -1.68. The molecule has 16 nitrogen and oxygen atoms in total. The smallest absolute Gasteiger partial charge is 0.355 e. The number of hydrogen-bond donors (Lipinski definition) is 7. The lowest BCUT2D eigenvalue weighted by molar-refractivity contribution is -0.140. The van der Waals surface area contributed by atoms with Gasteiger partial charge in [0.05, 0.1) is 34.0 Å². The second-order valence-electron chi connectivity index (χ2n) is 13.8. The number of aromatic carboxylic acids is 1. The van der Waals surface area contributed by atoms with Gasteiger partial charge >= 0.3 is 11.9 Å². The molecule has 0 fully saturated rings. The van der Waals surface area contributed by atoms with Gasteiger partial charge in [-0.05, 0) is 41.5 Å². The normalized spacial score (nSPS) is 11.8. The van der Waals surface area contributed by atoms with Gasteiger partial charge in [-0.15, -0.1) is 45.3 Å². The summed E-state index contributed by atoms with van der Waals surface area (Å²) in [6.45, 7) is 26.4. The van der Waals surface area contributed by atoms with Crippen LogP contribution < -0.4 is 27.8 Å². The third kappa shape index (κ3) is 30.7. The lowest BCUT2D eigenvalue weighted by Crippen LogP contribution is -2.17. The molecule has 0 aliphatic heterocycles. The van der Waals surface area contributed by atoms with Crippen molar-refractivity contribution >= 4 is 93.2 Å². The van der Waals surface area contributed by atoms with Crippen molar-refractivity contribution < 1.29 is 36.9 Å². The quantitative estimate of drug-likeness (QED) is 0.0592. The van der Waals surface area contributed by atoms with Gasteiger partial charge in [-0.1, -0.05) is 67.6 Å². The maximum atomic E-state index is 10.5. The maximum absolute atomic E-state index is 10.5. The summed E-state index contributed by atoms with van der Waals surface area (Å²) < 4.78 is 13.4. The molecule has 4 aromatic heterocycles. The first kappa shape index (κ1) is 55.7. The zero-order valence-electron chi connectivity index (χ0n) is 38.8. The van der Waals surface area contributed by atoms with E-state index in [0.29, 0.717) is 21.8 Å². The van der Waals surface area contributed by atoms with E-state index < -0.39 is 30.8 Å². The fourth-order valence-electron chi connectivity index (χ4n) is 2.67. The minimum Gasteiger partial charge on any atom is -0.481 e. The van der Waals surface area contributed by atoms with Crippen molar-refractivity contribution in [3.8, 4) is 0 Å². The molecule has 60 heavy (non-hydrogen) atoms. The molecule has 21 heteroatoms. The van der Waals surface area contributed by atoms with E-state index in [9.17, 15) is 24.0 Å². The molecule has 4 heterocycles. The van der Waals surface area contributed by atoms with Crippen molar-refractivity contribution in [3.63, 3.8) is 0 Å². The predicted octanol–water partition coefficient (Wildman–Crippen LogP) is 7.74. The van der Waals surface area contributed by atoms with Crippen molar-refractivity contribution in [1.82, 2.24) is 30.6 Å². The van der Waals surface area contributed by atoms with Crippen molar-refractivity contribution in [2.24, 2.45) is 35.0 Å². The molecular weight excluding hydrogens is 867 g/mol. The third-order valence-corrected chi connectivity index (χ3v) is 11.5. The van der Waals surface area contributed by atoms with Gasteiger partial charge in [-0.25, -0.2) is 24.7 Å². The zero-order chi connectivity index (χ0) is 49.0. The molecule has 0 spiro atoms. The monoisotopic (exact) mass is 933 g/mol. The number of rotatable bonds is 10. The number of aromatic nitrogens is 4. The first-order valence-electron chi connectivity index (χ1n) is 19.5. The van der Waals surface area contributed by atoms with Crippen LogP contribution in [0.15, 0.2) is 21.5 Å². The van der Waals surface area contributed by atoms with Crippen LogP contribution in [-0.4, -0.2) is 65.8 Å². The number of nitrogens with zero attached hydrogens (tertiary/aromatic N) is 4. The van der Waals surface area contributed by atoms with E-state index in [0.717, 1.165) is 38.4 Å². The van der Waals surface area contributed by atoms with Crippen LogP contribution in [0.25, 0.3) is 0 Å². The highest BCUT2D eigenvalue weighted by atomic mass is 32.1. The number of nitrogens with two attached hydrogens (primary N) is 3. The largest absolute Gasteiger partial charge is 0.481 e. The number of amides is 3. The third-order valence-electron chi connectivity index (χ3n) is 6.46. The lowest BCUT2D eigenvalue weighted by atomic mass is 10.2. The van der Waals surface area contributed by atoms with Crippen LogP contribution in [0.5, 0.6) is 0 Å². The SMILES string of the molecule is CC(C)C(=O)O.CC(C)C(N)=O.CC(C)C(N)=S.Cc1csc(C(C)C)n1.Cc1csc(C(C)N)n1.[2H]C(=O)NC(C)c1nc(C(=O)O)cs1.[2H]C(=O)NC(C)c1nc(C)cs1. The highest BCUT2D eigenvalue weighted by Gasteiger charge is 2.13. The molecule has 4 aromatic rings. The van der Waals surface area contributed by atoms with E-state index in [4.69, 9.17) is 30.2 Å². The lowest BCUT2D eigenvalue weighted by Gasteiger charge is -2.04. The predicted molar refractivity (Wildman–Crippen MR) is 250 cm³/mol. The van der Waals surface area contributed by atoms with Gasteiger partial charge in [-0.3, -0.25) is 19.2 Å². The van der Waals surface area contributed by atoms with Crippen LogP contribution in [0, 0.1) is 38.5 Å². The molecule has 338 valence electrons. The van der Waals surface area contributed by atoms with Gasteiger partial charge in [0.25, 0.3) is 0 Å². The number of aryl methyl sites for hydroxylation is 3. The van der Waals surface area contributed by atoms with Crippen LogP contribution in [0.3, 0.4) is 0 Å².